The van der Waals surface area contributed by atoms with Crippen LogP contribution >= 0.6 is 0 Å². The highest BCUT2D eigenvalue weighted by atomic mass is 16.6. The van der Waals surface area contributed by atoms with Gasteiger partial charge in [0.25, 0.3) is 0 Å². The van der Waals surface area contributed by atoms with E-state index in [0.717, 1.165) is 25.7 Å². The van der Waals surface area contributed by atoms with Crippen molar-refractivity contribution in [3.8, 4) is 0 Å². The minimum Gasteiger partial charge on any atom is -0.462 e. The number of epoxide rings is 1. The third-order valence-electron chi connectivity index (χ3n) is 6.72. The molecule has 1 spiro atoms. The Balaban J connectivity index is 1.95. The van der Waals surface area contributed by atoms with E-state index in [4.69, 9.17) is 9.47 Å². The molecule has 0 aromatic heterocycles. The number of rotatable bonds is 3. The highest BCUT2D eigenvalue weighted by Crippen LogP contribution is 2.72. The molecule has 1 heterocycles. The molecule has 5 heteroatoms. The van der Waals surface area contributed by atoms with Gasteiger partial charge in [-0.05, 0) is 44.4 Å². The third-order valence-corrected chi connectivity index (χ3v) is 6.72. The SMILES string of the molecule is CC(=O)O[C@@H]1CC[C@]2(C)O[C@@]23[C@@H](O)[C@H]([C@H](C)CO)CC[C@@]13C. The van der Waals surface area contributed by atoms with Crippen LogP contribution in [0.15, 0.2) is 0 Å². The summed E-state index contributed by atoms with van der Waals surface area (Å²) in [4.78, 5) is 11.5. The summed E-state index contributed by atoms with van der Waals surface area (Å²) in [5.74, 6) is -0.210. The number of hydrogen-bond acceptors (Lipinski definition) is 5. The lowest BCUT2D eigenvalue weighted by molar-refractivity contribution is -0.179. The van der Waals surface area contributed by atoms with Gasteiger partial charge in [0.05, 0.1) is 11.7 Å². The standard InChI is InChI=1S/C17H28O5/c1-10(9-18)12-5-7-15(3)13(21-11(2)19)6-8-16(4)17(15,22-16)14(12)20/h10,12-14,18,20H,5-9H2,1-4H3/t10-,12+,13-,14+,15+,16+,17-/m1/s1. The predicted octanol–water partition coefficient (Wildman–Crippen LogP) is 1.65. The molecule has 1 aliphatic heterocycles. The molecule has 0 amide bonds. The highest BCUT2D eigenvalue weighted by Gasteiger charge is 2.83. The molecule has 3 aliphatic rings. The Labute approximate surface area is 132 Å². The second kappa shape index (κ2) is 4.92. The number of hydrogen-bond donors (Lipinski definition) is 2. The number of carbonyl (C=O) groups is 1. The van der Waals surface area contributed by atoms with Gasteiger partial charge < -0.3 is 19.7 Å². The van der Waals surface area contributed by atoms with Crippen molar-refractivity contribution in [2.24, 2.45) is 17.3 Å². The summed E-state index contributed by atoms with van der Waals surface area (Å²) < 4.78 is 11.8. The fourth-order valence-corrected chi connectivity index (χ4v) is 5.36. The van der Waals surface area contributed by atoms with Crippen LogP contribution in [0, 0.1) is 17.3 Å². The van der Waals surface area contributed by atoms with Crippen molar-refractivity contribution in [3.05, 3.63) is 0 Å². The maximum absolute atomic E-state index is 11.5. The fourth-order valence-electron chi connectivity index (χ4n) is 5.36. The van der Waals surface area contributed by atoms with Gasteiger partial charge in [-0.25, -0.2) is 0 Å². The van der Waals surface area contributed by atoms with Crippen LogP contribution in [0.5, 0.6) is 0 Å². The van der Waals surface area contributed by atoms with Gasteiger partial charge in [-0.3, -0.25) is 4.79 Å². The average molecular weight is 312 g/mol. The number of ether oxygens (including phenoxy) is 2. The molecule has 1 saturated heterocycles. The summed E-state index contributed by atoms with van der Waals surface area (Å²) in [6.45, 7) is 7.63. The van der Waals surface area contributed by atoms with Gasteiger partial charge in [0.2, 0.25) is 0 Å². The minimum atomic E-state index is -0.648. The van der Waals surface area contributed by atoms with Crippen LogP contribution in [0.4, 0.5) is 0 Å². The van der Waals surface area contributed by atoms with Crippen molar-refractivity contribution in [2.75, 3.05) is 6.61 Å². The molecule has 3 fully saturated rings. The molecule has 2 N–H and O–H groups in total. The number of aliphatic hydroxyl groups excluding tert-OH is 2. The third kappa shape index (κ3) is 1.85. The van der Waals surface area contributed by atoms with E-state index in [-0.39, 0.29) is 41.5 Å². The predicted molar refractivity (Wildman–Crippen MR) is 80.1 cm³/mol. The van der Waals surface area contributed by atoms with Crippen molar-refractivity contribution in [1.82, 2.24) is 0 Å². The van der Waals surface area contributed by atoms with E-state index in [0.29, 0.717) is 0 Å². The summed E-state index contributed by atoms with van der Waals surface area (Å²) in [6, 6.07) is 0. The van der Waals surface area contributed by atoms with E-state index in [9.17, 15) is 15.0 Å². The summed E-state index contributed by atoms with van der Waals surface area (Å²) >= 11 is 0. The lowest BCUT2D eigenvalue weighted by Gasteiger charge is -2.53. The maximum atomic E-state index is 11.5. The zero-order chi connectivity index (χ0) is 16.3. The fraction of sp³-hybridized carbons (Fsp3) is 0.941. The molecule has 2 saturated carbocycles. The van der Waals surface area contributed by atoms with E-state index in [1.54, 1.807) is 0 Å². The van der Waals surface area contributed by atoms with Gasteiger partial charge in [0, 0.05) is 18.9 Å². The first-order chi connectivity index (χ1) is 10.2. The quantitative estimate of drug-likeness (QED) is 0.612. The van der Waals surface area contributed by atoms with Crippen LogP contribution in [-0.2, 0) is 14.3 Å². The van der Waals surface area contributed by atoms with Crippen molar-refractivity contribution >= 4 is 5.97 Å². The topological polar surface area (TPSA) is 79.3 Å². The van der Waals surface area contributed by atoms with Crippen LogP contribution in [0.1, 0.15) is 53.4 Å². The average Bonchev–Trinajstić information content (AvgIpc) is 3.09. The van der Waals surface area contributed by atoms with E-state index >= 15 is 0 Å². The van der Waals surface area contributed by atoms with Gasteiger partial charge in [0.15, 0.2) is 0 Å². The van der Waals surface area contributed by atoms with Crippen molar-refractivity contribution in [1.29, 1.82) is 0 Å². The summed E-state index contributed by atoms with van der Waals surface area (Å²) in [5.41, 5.74) is -1.35. The Hall–Kier alpha value is -0.650. The summed E-state index contributed by atoms with van der Waals surface area (Å²) in [7, 11) is 0. The highest BCUT2D eigenvalue weighted by molar-refractivity contribution is 5.66. The van der Waals surface area contributed by atoms with Crippen molar-refractivity contribution in [3.63, 3.8) is 0 Å². The minimum absolute atomic E-state index is 0.0241. The Morgan fingerprint density at radius 1 is 1.36 bits per heavy atom. The Kier molecular flexibility index (Phi) is 3.63. The van der Waals surface area contributed by atoms with Gasteiger partial charge in [-0.15, -0.1) is 0 Å². The molecule has 3 rings (SSSR count). The molecular weight excluding hydrogens is 284 g/mol. The normalized spacial score (nSPS) is 51.5. The number of esters is 1. The second-order valence-electron chi connectivity index (χ2n) is 7.93. The Bertz CT molecular complexity index is 480. The molecule has 7 atom stereocenters. The number of carbonyl (C=O) groups excluding carboxylic acids is 1. The molecule has 5 nitrogen and oxygen atoms in total. The summed E-state index contributed by atoms with van der Waals surface area (Å²) in [5, 5.41) is 20.5. The van der Waals surface area contributed by atoms with Crippen LogP contribution in [0.25, 0.3) is 0 Å². The first-order valence-corrected chi connectivity index (χ1v) is 8.38. The Morgan fingerprint density at radius 3 is 2.64 bits per heavy atom. The van der Waals surface area contributed by atoms with Crippen LogP contribution in [0.2, 0.25) is 0 Å². The molecular formula is C17H28O5. The number of aliphatic hydroxyl groups is 2. The van der Waals surface area contributed by atoms with E-state index in [1.807, 2.05) is 6.92 Å². The molecule has 0 radical (unpaired) electrons. The van der Waals surface area contributed by atoms with Crippen LogP contribution in [-0.4, -0.2) is 46.2 Å². The van der Waals surface area contributed by atoms with E-state index < -0.39 is 11.7 Å². The Morgan fingerprint density at radius 2 is 2.05 bits per heavy atom. The zero-order valence-corrected chi connectivity index (χ0v) is 14.0. The summed E-state index contributed by atoms with van der Waals surface area (Å²) in [6.07, 6.45) is 2.39. The van der Waals surface area contributed by atoms with Crippen molar-refractivity contribution < 1.29 is 24.5 Å². The molecule has 0 aromatic rings. The molecule has 126 valence electrons. The molecule has 0 unspecified atom stereocenters. The largest absolute Gasteiger partial charge is 0.462 e. The lowest BCUT2D eigenvalue weighted by Crippen LogP contribution is -2.64. The first-order valence-electron chi connectivity index (χ1n) is 8.38. The maximum Gasteiger partial charge on any atom is 0.302 e. The monoisotopic (exact) mass is 312 g/mol. The molecule has 0 bridgehead atoms. The molecule has 0 aromatic carbocycles. The van der Waals surface area contributed by atoms with Crippen LogP contribution in [0.3, 0.4) is 0 Å². The first kappa shape index (κ1) is 16.2. The molecule has 22 heavy (non-hydrogen) atoms. The van der Waals surface area contributed by atoms with Crippen molar-refractivity contribution in [2.45, 2.75) is 76.8 Å². The smallest absolute Gasteiger partial charge is 0.302 e. The second-order valence-corrected chi connectivity index (χ2v) is 7.93. The van der Waals surface area contributed by atoms with Gasteiger partial charge in [-0.1, -0.05) is 13.8 Å². The van der Waals surface area contributed by atoms with Gasteiger partial charge in [0.1, 0.15) is 11.7 Å². The van der Waals surface area contributed by atoms with Gasteiger partial charge in [-0.2, -0.15) is 0 Å². The lowest BCUT2D eigenvalue weighted by atomic mass is 9.51. The zero-order valence-electron chi connectivity index (χ0n) is 14.0. The van der Waals surface area contributed by atoms with Gasteiger partial charge >= 0.3 is 5.97 Å². The molecule has 2 aliphatic carbocycles. The van der Waals surface area contributed by atoms with Crippen LogP contribution < -0.4 is 0 Å². The van der Waals surface area contributed by atoms with E-state index in [1.165, 1.54) is 6.92 Å². The van der Waals surface area contributed by atoms with E-state index in [2.05, 4.69) is 13.8 Å².